The third-order valence-electron chi connectivity index (χ3n) is 11.4. The topological polar surface area (TPSA) is 113 Å². The number of hydrogen-bond acceptors (Lipinski definition) is 7. The van der Waals surface area contributed by atoms with Crippen molar-refractivity contribution < 1.29 is 34.4 Å². The predicted molar refractivity (Wildman–Crippen MR) is 130 cm³/mol. The van der Waals surface area contributed by atoms with Crippen LogP contribution in [-0.2, 0) is 19.1 Å². The van der Waals surface area contributed by atoms with Crippen molar-refractivity contribution in [2.45, 2.75) is 129 Å². The van der Waals surface area contributed by atoms with Crippen LogP contribution in [-0.4, -0.2) is 56.8 Å². The van der Waals surface area contributed by atoms with Crippen molar-refractivity contribution in [3.63, 3.8) is 0 Å². The number of aliphatic hydroxyl groups is 3. The molecule has 35 heavy (non-hydrogen) atoms. The van der Waals surface area contributed by atoms with Crippen molar-refractivity contribution in [1.29, 1.82) is 0 Å². The predicted octanol–water partition coefficient (Wildman–Crippen LogP) is 3.76. The molecule has 7 heteroatoms. The lowest BCUT2D eigenvalue weighted by molar-refractivity contribution is -0.290. The van der Waals surface area contributed by atoms with E-state index >= 15 is 0 Å². The third kappa shape index (κ3) is 3.78. The molecule has 0 aromatic rings. The summed E-state index contributed by atoms with van der Waals surface area (Å²) in [4.78, 5) is 24.9. The molecule has 0 aromatic carbocycles. The van der Waals surface area contributed by atoms with Crippen LogP contribution in [0.5, 0.6) is 0 Å². The summed E-state index contributed by atoms with van der Waals surface area (Å²) in [6.07, 6.45) is 4.16. The highest BCUT2D eigenvalue weighted by Crippen LogP contribution is 2.71. The fourth-order valence-corrected chi connectivity index (χ4v) is 8.80. The van der Waals surface area contributed by atoms with Gasteiger partial charge in [0, 0.05) is 6.92 Å². The molecule has 0 saturated heterocycles. The number of rotatable bonds is 5. The first-order chi connectivity index (χ1) is 16.2. The standard InChI is InChI=1S/C28H46O7/c1-7-16(2)24(31)34-17(3)27(32)12-13-28(33)21-9-8-19-14-20(30)10-11-25(19,5)22(21)15-23(26(27,28)6)35-18(4)29/h16-17,19-23,30,32-33H,7-15H2,1-6H3/t16?,17-,19-,20-,21+,22-,23+,25-,26+,27+,28-/m0/s1. The van der Waals surface area contributed by atoms with E-state index in [2.05, 4.69) is 6.92 Å². The minimum Gasteiger partial charge on any atom is -0.462 e. The van der Waals surface area contributed by atoms with Gasteiger partial charge in [-0.25, -0.2) is 0 Å². The van der Waals surface area contributed by atoms with Gasteiger partial charge in [0.05, 0.1) is 23.0 Å². The second-order valence-corrected chi connectivity index (χ2v) is 12.7. The molecule has 0 bridgehead atoms. The zero-order chi connectivity index (χ0) is 26.0. The largest absolute Gasteiger partial charge is 0.462 e. The second kappa shape index (κ2) is 8.98. The first kappa shape index (κ1) is 26.9. The first-order valence-corrected chi connectivity index (χ1v) is 13.7. The third-order valence-corrected chi connectivity index (χ3v) is 11.4. The van der Waals surface area contributed by atoms with Gasteiger partial charge in [0.1, 0.15) is 17.8 Å². The number of carbonyl (C=O) groups is 2. The van der Waals surface area contributed by atoms with E-state index in [4.69, 9.17) is 9.47 Å². The van der Waals surface area contributed by atoms with E-state index in [9.17, 15) is 24.9 Å². The number of esters is 2. The van der Waals surface area contributed by atoms with Gasteiger partial charge in [0.25, 0.3) is 0 Å². The molecule has 4 aliphatic carbocycles. The maximum atomic E-state index is 12.6. The van der Waals surface area contributed by atoms with E-state index < -0.39 is 34.8 Å². The SMILES string of the molecule is CCC(C)C(=O)O[C@@H](C)[C@]1(O)CC[C@]2(O)[C@@H]3CC[C@H]4C[C@@H](O)CC[C@]4(C)[C@H]3C[C@@H](OC(C)=O)[C@]12C. The summed E-state index contributed by atoms with van der Waals surface area (Å²) >= 11 is 0. The Morgan fingerprint density at radius 2 is 1.69 bits per heavy atom. The summed E-state index contributed by atoms with van der Waals surface area (Å²) < 4.78 is 11.7. The van der Waals surface area contributed by atoms with Crippen LogP contribution in [0, 0.1) is 34.5 Å². The molecular formula is C28H46O7. The van der Waals surface area contributed by atoms with Crippen LogP contribution in [0.2, 0.25) is 0 Å². The lowest BCUT2D eigenvalue weighted by Crippen LogP contribution is -2.72. The van der Waals surface area contributed by atoms with Crippen molar-refractivity contribution >= 4 is 11.9 Å². The highest BCUT2D eigenvalue weighted by molar-refractivity contribution is 5.72. The molecule has 1 unspecified atom stereocenters. The smallest absolute Gasteiger partial charge is 0.309 e. The molecule has 200 valence electrons. The Bertz CT molecular complexity index is 845. The molecule has 4 saturated carbocycles. The van der Waals surface area contributed by atoms with Crippen LogP contribution < -0.4 is 0 Å². The molecule has 0 heterocycles. The summed E-state index contributed by atoms with van der Waals surface area (Å²) in [5.74, 6) is -0.648. The van der Waals surface area contributed by atoms with Crippen LogP contribution in [0.1, 0.15) is 99.3 Å². The number of hydrogen-bond donors (Lipinski definition) is 3. The van der Waals surface area contributed by atoms with Crippen molar-refractivity contribution in [2.75, 3.05) is 0 Å². The number of fused-ring (bicyclic) bond motifs is 5. The molecule has 4 fully saturated rings. The fourth-order valence-electron chi connectivity index (χ4n) is 8.80. The molecule has 0 aromatic heterocycles. The van der Waals surface area contributed by atoms with Crippen LogP contribution in [0.15, 0.2) is 0 Å². The minimum absolute atomic E-state index is 0.0534. The lowest BCUT2D eigenvalue weighted by Gasteiger charge is -2.66. The van der Waals surface area contributed by atoms with E-state index in [1.807, 2.05) is 13.8 Å². The lowest BCUT2D eigenvalue weighted by atomic mass is 9.42. The Morgan fingerprint density at radius 1 is 1.00 bits per heavy atom. The van der Waals surface area contributed by atoms with Gasteiger partial charge in [-0.1, -0.05) is 27.7 Å². The molecule has 4 aliphatic rings. The first-order valence-electron chi connectivity index (χ1n) is 13.7. The molecular weight excluding hydrogens is 448 g/mol. The molecule has 7 nitrogen and oxygen atoms in total. The van der Waals surface area contributed by atoms with Crippen LogP contribution >= 0.6 is 0 Å². The summed E-state index contributed by atoms with van der Waals surface area (Å²) in [7, 11) is 0. The highest BCUT2D eigenvalue weighted by Gasteiger charge is 2.77. The molecule has 0 radical (unpaired) electrons. The van der Waals surface area contributed by atoms with Crippen LogP contribution in [0.25, 0.3) is 0 Å². The van der Waals surface area contributed by atoms with E-state index in [-0.39, 0.29) is 41.7 Å². The Morgan fingerprint density at radius 3 is 2.31 bits per heavy atom. The van der Waals surface area contributed by atoms with Crippen molar-refractivity contribution in [3.05, 3.63) is 0 Å². The number of ether oxygens (including phenoxy) is 2. The van der Waals surface area contributed by atoms with E-state index in [1.54, 1.807) is 13.8 Å². The Kier molecular flexibility index (Phi) is 6.90. The van der Waals surface area contributed by atoms with E-state index in [0.717, 1.165) is 32.1 Å². The normalized spacial score (nSPS) is 48.7. The Labute approximate surface area is 210 Å². The Balaban J connectivity index is 1.74. The average molecular weight is 495 g/mol. The summed E-state index contributed by atoms with van der Waals surface area (Å²) in [5.41, 5.74) is -4.03. The highest BCUT2D eigenvalue weighted by atomic mass is 16.6. The summed E-state index contributed by atoms with van der Waals surface area (Å²) in [6, 6.07) is 0. The maximum Gasteiger partial charge on any atom is 0.309 e. The molecule has 3 N–H and O–H groups in total. The van der Waals surface area contributed by atoms with E-state index in [1.165, 1.54) is 6.92 Å². The van der Waals surface area contributed by atoms with Gasteiger partial charge in [0.15, 0.2) is 0 Å². The monoisotopic (exact) mass is 494 g/mol. The van der Waals surface area contributed by atoms with Gasteiger partial charge in [-0.2, -0.15) is 0 Å². The van der Waals surface area contributed by atoms with Gasteiger partial charge in [-0.05, 0) is 87.9 Å². The van der Waals surface area contributed by atoms with E-state index in [0.29, 0.717) is 25.2 Å². The Hall–Kier alpha value is -1.18. The molecule has 0 aliphatic heterocycles. The van der Waals surface area contributed by atoms with Crippen LogP contribution in [0.4, 0.5) is 0 Å². The van der Waals surface area contributed by atoms with Gasteiger partial charge in [0.2, 0.25) is 0 Å². The quantitative estimate of drug-likeness (QED) is 0.499. The van der Waals surface area contributed by atoms with Gasteiger partial charge in [-0.3, -0.25) is 9.59 Å². The van der Waals surface area contributed by atoms with Crippen molar-refractivity contribution in [1.82, 2.24) is 0 Å². The molecule has 0 amide bonds. The van der Waals surface area contributed by atoms with Crippen molar-refractivity contribution in [3.8, 4) is 0 Å². The fraction of sp³-hybridized carbons (Fsp3) is 0.929. The van der Waals surface area contributed by atoms with Gasteiger partial charge < -0.3 is 24.8 Å². The molecule has 0 spiro atoms. The number of carbonyl (C=O) groups excluding carboxylic acids is 2. The average Bonchev–Trinajstić information content (AvgIpc) is 3.02. The zero-order valence-corrected chi connectivity index (χ0v) is 22.4. The summed E-state index contributed by atoms with van der Waals surface area (Å²) in [5, 5.41) is 35.1. The zero-order valence-electron chi connectivity index (χ0n) is 22.4. The number of aliphatic hydroxyl groups excluding tert-OH is 1. The summed E-state index contributed by atoms with van der Waals surface area (Å²) in [6.45, 7) is 10.9. The van der Waals surface area contributed by atoms with Gasteiger partial charge >= 0.3 is 11.9 Å². The molecule has 4 rings (SSSR count). The van der Waals surface area contributed by atoms with Crippen molar-refractivity contribution in [2.24, 2.45) is 34.5 Å². The van der Waals surface area contributed by atoms with Gasteiger partial charge in [-0.15, -0.1) is 0 Å². The second-order valence-electron chi connectivity index (χ2n) is 12.7. The van der Waals surface area contributed by atoms with Crippen LogP contribution in [0.3, 0.4) is 0 Å². The molecule has 11 atom stereocenters. The minimum atomic E-state index is -1.53. The maximum absolute atomic E-state index is 12.6.